The molecule has 0 spiro atoms. The van der Waals surface area contributed by atoms with Gasteiger partial charge >= 0.3 is 0 Å². The van der Waals surface area contributed by atoms with Crippen LogP contribution in [0.5, 0.6) is 11.5 Å². The van der Waals surface area contributed by atoms with Gasteiger partial charge in [0.2, 0.25) is 5.91 Å². The quantitative estimate of drug-likeness (QED) is 0.412. The van der Waals surface area contributed by atoms with Crippen LogP contribution < -0.4 is 19.7 Å². The van der Waals surface area contributed by atoms with Gasteiger partial charge in [-0.25, -0.2) is 0 Å². The van der Waals surface area contributed by atoms with E-state index in [9.17, 15) is 19.7 Å². The summed E-state index contributed by atoms with van der Waals surface area (Å²) >= 11 is 6.12. The number of benzene rings is 3. The highest BCUT2D eigenvalue weighted by atomic mass is 35.5. The summed E-state index contributed by atoms with van der Waals surface area (Å²) in [4.78, 5) is 36.5. The van der Waals surface area contributed by atoms with E-state index in [0.29, 0.717) is 28.8 Å². The maximum absolute atomic E-state index is 12.6. The fraction of sp³-hybridized carbons (Fsp3) is 0.130. The first-order chi connectivity index (χ1) is 15.9. The standard InChI is InChI=1S/C23H18ClN3O6/c24-19-4-2-1-3-15(19)13-32-18-8-5-16(6-9-18)25-22(28)12-26-20-11-17(27(30)31)7-10-21(20)33-14-23(26)29/h1-11H,12-14H2,(H,25,28). The zero-order chi connectivity index (χ0) is 23.4. The van der Waals surface area contributed by atoms with Crippen LogP contribution in [0.3, 0.4) is 0 Å². The molecule has 1 N–H and O–H groups in total. The lowest BCUT2D eigenvalue weighted by molar-refractivity contribution is -0.384. The molecule has 9 nitrogen and oxygen atoms in total. The van der Waals surface area contributed by atoms with Gasteiger partial charge in [-0.15, -0.1) is 0 Å². The highest BCUT2D eigenvalue weighted by Crippen LogP contribution is 2.35. The maximum atomic E-state index is 12.6. The van der Waals surface area contributed by atoms with Crippen molar-refractivity contribution in [2.24, 2.45) is 0 Å². The zero-order valence-electron chi connectivity index (χ0n) is 17.2. The van der Waals surface area contributed by atoms with Gasteiger partial charge in [0, 0.05) is 28.4 Å². The number of nitro benzene ring substituents is 1. The summed E-state index contributed by atoms with van der Waals surface area (Å²) < 4.78 is 11.0. The minimum Gasteiger partial charge on any atom is -0.489 e. The van der Waals surface area contributed by atoms with Crippen molar-refractivity contribution in [1.82, 2.24) is 0 Å². The Morgan fingerprint density at radius 3 is 2.64 bits per heavy atom. The van der Waals surface area contributed by atoms with Crippen LogP contribution in [0.15, 0.2) is 66.7 Å². The van der Waals surface area contributed by atoms with Gasteiger partial charge in [0.25, 0.3) is 11.6 Å². The summed E-state index contributed by atoms with van der Waals surface area (Å²) in [6.45, 7) is -0.271. The third-order valence-electron chi connectivity index (χ3n) is 4.89. The fourth-order valence-corrected chi connectivity index (χ4v) is 3.42. The lowest BCUT2D eigenvalue weighted by Gasteiger charge is -2.28. The molecule has 3 aromatic carbocycles. The number of non-ortho nitro benzene ring substituents is 1. The monoisotopic (exact) mass is 467 g/mol. The van der Waals surface area contributed by atoms with Crippen molar-refractivity contribution < 1.29 is 24.0 Å². The molecule has 0 radical (unpaired) electrons. The molecule has 0 bridgehead atoms. The fourth-order valence-electron chi connectivity index (χ4n) is 3.23. The number of hydrogen-bond donors (Lipinski definition) is 1. The average Bonchev–Trinajstić information content (AvgIpc) is 2.81. The number of nitrogens with zero attached hydrogens (tertiary/aromatic N) is 2. The van der Waals surface area contributed by atoms with Gasteiger partial charge in [0.1, 0.15) is 24.7 Å². The van der Waals surface area contributed by atoms with Gasteiger partial charge < -0.3 is 14.8 Å². The molecule has 0 fully saturated rings. The number of anilines is 2. The van der Waals surface area contributed by atoms with Crippen LogP contribution in [-0.4, -0.2) is 29.9 Å². The van der Waals surface area contributed by atoms with Crippen LogP contribution in [0.25, 0.3) is 0 Å². The van der Waals surface area contributed by atoms with E-state index in [-0.39, 0.29) is 24.5 Å². The van der Waals surface area contributed by atoms with Gasteiger partial charge in [-0.3, -0.25) is 24.6 Å². The molecule has 3 aromatic rings. The van der Waals surface area contributed by atoms with Crippen LogP contribution >= 0.6 is 11.6 Å². The molecular formula is C23H18ClN3O6. The number of nitro groups is 1. The van der Waals surface area contributed by atoms with Gasteiger partial charge in [0.15, 0.2) is 6.61 Å². The van der Waals surface area contributed by atoms with Crippen LogP contribution in [-0.2, 0) is 16.2 Å². The number of amides is 2. The normalized spacial score (nSPS) is 12.5. The van der Waals surface area contributed by atoms with Crippen LogP contribution in [0.2, 0.25) is 5.02 Å². The molecule has 168 valence electrons. The summed E-state index contributed by atoms with van der Waals surface area (Å²) in [5, 5.41) is 14.4. The van der Waals surface area contributed by atoms with Gasteiger partial charge in [-0.1, -0.05) is 29.8 Å². The third-order valence-corrected chi connectivity index (χ3v) is 5.26. The van der Waals surface area contributed by atoms with E-state index in [1.54, 1.807) is 30.3 Å². The first kappa shape index (κ1) is 22.1. The Balaban J connectivity index is 1.39. The molecule has 2 amide bonds. The molecule has 0 aliphatic carbocycles. The minimum absolute atomic E-state index is 0.180. The van der Waals surface area contributed by atoms with Crippen molar-refractivity contribution in [3.63, 3.8) is 0 Å². The van der Waals surface area contributed by atoms with Crippen molar-refractivity contribution in [2.45, 2.75) is 6.61 Å². The Bertz CT molecular complexity index is 1220. The van der Waals surface area contributed by atoms with E-state index in [1.165, 1.54) is 23.1 Å². The van der Waals surface area contributed by atoms with Crippen molar-refractivity contribution >= 4 is 40.5 Å². The molecule has 1 heterocycles. The van der Waals surface area contributed by atoms with E-state index < -0.39 is 16.7 Å². The number of carbonyl (C=O) groups is 2. The van der Waals surface area contributed by atoms with Gasteiger partial charge in [-0.2, -0.15) is 0 Å². The Hall–Kier alpha value is -4.11. The predicted molar refractivity (Wildman–Crippen MR) is 122 cm³/mol. The zero-order valence-corrected chi connectivity index (χ0v) is 17.9. The minimum atomic E-state index is -0.576. The van der Waals surface area contributed by atoms with Crippen molar-refractivity contribution in [2.75, 3.05) is 23.4 Å². The summed E-state index contributed by atoms with van der Waals surface area (Å²) in [7, 11) is 0. The summed E-state index contributed by atoms with van der Waals surface area (Å²) in [5.74, 6) is -0.0422. The predicted octanol–water partition coefficient (Wildman–Crippen LogP) is 4.19. The molecule has 4 rings (SSSR count). The molecule has 0 aromatic heterocycles. The first-order valence-electron chi connectivity index (χ1n) is 9.88. The van der Waals surface area contributed by atoms with E-state index >= 15 is 0 Å². The highest BCUT2D eigenvalue weighted by molar-refractivity contribution is 6.31. The van der Waals surface area contributed by atoms with Crippen LogP contribution in [0, 0.1) is 10.1 Å². The number of halogens is 1. The van der Waals surface area contributed by atoms with Crippen molar-refractivity contribution in [3.8, 4) is 11.5 Å². The Kier molecular flexibility index (Phi) is 6.41. The second-order valence-electron chi connectivity index (χ2n) is 7.13. The molecule has 0 saturated carbocycles. The molecule has 10 heteroatoms. The Morgan fingerprint density at radius 2 is 1.91 bits per heavy atom. The summed E-state index contributed by atoms with van der Waals surface area (Å²) in [5.41, 5.74) is 1.33. The van der Waals surface area contributed by atoms with Gasteiger partial charge in [-0.05, 0) is 36.4 Å². The molecule has 1 aliphatic heterocycles. The molecule has 0 unspecified atom stereocenters. The van der Waals surface area contributed by atoms with Crippen molar-refractivity contribution in [1.29, 1.82) is 0 Å². The molecule has 33 heavy (non-hydrogen) atoms. The Labute approximate surface area is 193 Å². The third kappa shape index (κ3) is 5.21. The van der Waals surface area contributed by atoms with Crippen LogP contribution in [0.4, 0.5) is 17.1 Å². The van der Waals surface area contributed by atoms with Crippen LogP contribution in [0.1, 0.15) is 5.56 Å². The largest absolute Gasteiger partial charge is 0.489 e. The molecular weight excluding hydrogens is 450 g/mol. The maximum Gasteiger partial charge on any atom is 0.271 e. The second kappa shape index (κ2) is 9.58. The lowest BCUT2D eigenvalue weighted by Crippen LogP contribution is -2.43. The average molecular weight is 468 g/mol. The van der Waals surface area contributed by atoms with E-state index in [2.05, 4.69) is 5.32 Å². The summed E-state index contributed by atoms with van der Waals surface area (Å²) in [6, 6.07) is 18.0. The smallest absolute Gasteiger partial charge is 0.271 e. The molecule has 0 saturated heterocycles. The number of nitrogens with one attached hydrogen (secondary N) is 1. The van der Waals surface area contributed by atoms with Crippen molar-refractivity contribution in [3.05, 3.63) is 87.4 Å². The molecule has 1 aliphatic rings. The topological polar surface area (TPSA) is 111 Å². The molecule has 0 atom stereocenters. The number of ether oxygens (including phenoxy) is 2. The number of hydrogen-bond acceptors (Lipinski definition) is 6. The van der Waals surface area contributed by atoms with Gasteiger partial charge in [0.05, 0.1) is 10.6 Å². The van der Waals surface area contributed by atoms with E-state index in [4.69, 9.17) is 21.1 Å². The number of carbonyl (C=O) groups excluding carboxylic acids is 2. The Morgan fingerprint density at radius 1 is 1.15 bits per heavy atom. The SMILES string of the molecule is O=C(CN1C(=O)COc2ccc([N+](=O)[O-])cc21)Nc1ccc(OCc2ccccc2Cl)cc1. The highest BCUT2D eigenvalue weighted by Gasteiger charge is 2.29. The lowest BCUT2D eigenvalue weighted by atomic mass is 10.2. The van der Waals surface area contributed by atoms with E-state index in [1.807, 2.05) is 18.2 Å². The number of rotatable bonds is 7. The van der Waals surface area contributed by atoms with E-state index in [0.717, 1.165) is 5.56 Å². The summed E-state index contributed by atoms with van der Waals surface area (Å²) in [6.07, 6.45) is 0. The second-order valence-corrected chi connectivity index (χ2v) is 7.54. The first-order valence-corrected chi connectivity index (χ1v) is 10.3. The number of fused-ring (bicyclic) bond motifs is 1.